The van der Waals surface area contributed by atoms with Gasteiger partial charge in [-0.15, -0.1) is 0 Å². The van der Waals surface area contributed by atoms with E-state index in [0.29, 0.717) is 11.6 Å². The maximum atomic E-state index is 6.09. The lowest BCUT2D eigenvalue weighted by molar-refractivity contribution is 0.416. The number of hydrogen-bond acceptors (Lipinski definition) is 3. The molecule has 102 valence electrons. The SMILES string of the molecule is COc1cc(Cl)c(C)cc1NCc1cn(C)nc1C. The van der Waals surface area contributed by atoms with Crippen LogP contribution in [-0.4, -0.2) is 16.9 Å². The van der Waals surface area contributed by atoms with Crippen molar-refractivity contribution in [1.29, 1.82) is 0 Å². The second-order valence-corrected chi connectivity index (χ2v) is 4.98. The summed E-state index contributed by atoms with van der Waals surface area (Å²) in [5, 5.41) is 8.40. The summed E-state index contributed by atoms with van der Waals surface area (Å²) in [6.07, 6.45) is 2.01. The molecule has 0 aliphatic heterocycles. The smallest absolute Gasteiger partial charge is 0.143 e. The average Bonchev–Trinajstić information content (AvgIpc) is 2.68. The number of ether oxygens (including phenoxy) is 1. The van der Waals surface area contributed by atoms with E-state index in [9.17, 15) is 0 Å². The molecular weight excluding hydrogens is 262 g/mol. The predicted octanol–water partition coefficient (Wildman–Crippen LogP) is 3.31. The standard InChI is InChI=1S/C14H18ClN3O/c1-9-5-13(14(19-4)6-12(9)15)16-7-11-8-18(3)17-10(11)2/h5-6,8,16H,7H2,1-4H3. The Labute approximate surface area is 118 Å². The van der Waals surface area contributed by atoms with Gasteiger partial charge in [0, 0.05) is 36.4 Å². The van der Waals surface area contributed by atoms with Crippen LogP contribution in [0.25, 0.3) is 0 Å². The fourth-order valence-electron chi connectivity index (χ4n) is 1.98. The first-order valence-corrected chi connectivity index (χ1v) is 6.46. The molecule has 19 heavy (non-hydrogen) atoms. The summed E-state index contributed by atoms with van der Waals surface area (Å²) in [7, 11) is 3.56. The van der Waals surface area contributed by atoms with Crippen LogP contribution in [0, 0.1) is 13.8 Å². The van der Waals surface area contributed by atoms with Crippen molar-refractivity contribution in [2.24, 2.45) is 7.05 Å². The molecule has 1 heterocycles. The Bertz CT molecular complexity index is 593. The maximum Gasteiger partial charge on any atom is 0.143 e. The number of anilines is 1. The Morgan fingerprint density at radius 1 is 1.37 bits per heavy atom. The molecule has 1 aromatic heterocycles. The number of halogens is 1. The van der Waals surface area contributed by atoms with Crippen molar-refractivity contribution in [3.63, 3.8) is 0 Å². The molecule has 2 rings (SSSR count). The third-order valence-electron chi connectivity index (χ3n) is 3.07. The van der Waals surface area contributed by atoms with Crippen LogP contribution in [0.3, 0.4) is 0 Å². The molecule has 1 aromatic carbocycles. The van der Waals surface area contributed by atoms with Gasteiger partial charge in [-0.05, 0) is 25.5 Å². The minimum Gasteiger partial charge on any atom is -0.495 e. The predicted molar refractivity (Wildman–Crippen MR) is 78.0 cm³/mol. The van der Waals surface area contributed by atoms with E-state index in [-0.39, 0.29) is 0 Å². The molecule has 0 fully saturated rings. The van der Waals surface area contributed by atoms with Gasteiger partial charge in [0.2, 0.25) is 0 Å². The zero-order valence-electron chi connectivity index (χ0n) is 11.6. The molecule has 4 nitrogen and oxygen atoms in total. The largest absolute Gasteiger partial charge is 0.495 e. The molecule has 0 aliphatic carbocycles. The van der Waals surface area contributed by atoms with Gasteiger partial charge >= 0.3 is 0 Å². The lowest BCUT2D eigenvalue weighted by Gasteiger charge is -2.12. The second-order valence-electron chi connectivity index (χ2n) is 4.57. The summed E-state index contributed by atoms with van der Waals surface area (Å²) < 4.78 is 7.15. The topological polar surface area (TPSA) is 39.1 Å². The summed E-state index contributed by atoms with van der Waals surface area (Å²) in [6.45, 7) is 4.68. The first-order valence-electron chi connectivity index (χ1n) is 6.08. The van der Waals surface area contributed by atoms with Crippen LogP contribution in [0.1, 0.15) is 16.8 Å². The molecule has 0 spiro atoms. The summed E-state index contributed by atoms with van der Waals surface area (Å²) in [6, 6.07) is 3.82. The zero-order valence-corrected chi connectivity index (χ0v) is 12.4. The van der Waals surface area contributed by atoms with Gasteiger partial charge in [0.1, 0.15) is 5.75 Å². The normalized spacial score (nSPS) is 10.6. The van der Waals surface area contributed by atoms with E-state index in [1.54, 1.807) is 7.11 Å². The molecule has 0 saturated heterocycles. The first-order chi connectivity index (χ1) is 9.01. The van der Waals surface area contributed by atoms with Crippen molar-refractivity contribution in [1.82, 2.24) is 9.78 Å². The number of nitrogens with zero attached hydrogens (tertiary/aromatic N) is 2. The number of nitrogens with one attached hydrogen (secondary N) is 1. The van der Waals surface area contributed by atoms with Gasteiger partial charge in [-0.25, -0.2) is 0 Å². The molecule has 2 aromatic rings. The van der Waals surface area contributed by atoms with Crippen molar-refractivity contribution in [2.45, 2.75) is 20.4 Å². The molecule has 0 aliphatic rings. The quantitative estimate of drug-likeness (QED) is 0.933. The van der Waals surface area contributed by atoms with Crippen molar-refractivity contribution in [3.8, 4) is 5.75 Å². The fraction of sp³-hybridized carbons (Fsp3) is 0.357. The summed E-state index contributed by atoms with van der Waals surface area (Å²) in [4.78, 5) is 0. The number of aromatic nitrogens is 2. The van der Waals surface area contributed by atoms with E-state index < -0.39 is 0 Å². The minimum atomic E-state index is 0.705. The van der Waals surface area contributed by atoms with Crippen LogP contribution >= 0.6 is 11.6 Å². The van der Waals surface area contributed by atoms with Crippen LogP contribution in [0.5, 0.6) is 5.75 Å². The van der Waals surface area contributed by atoms with Crippen LogP contribution in [0.4, 0.5) is 5.69 Å². The van der Waals surface area contributed by atoms with Gasteiger partial charge in [0.05, 0.1) is 18.5 Å². The Morgan fingerprint density at radius 2 is 2.11 bits per heavy atom. The minimum absolute atomic E-state index is 0.705. The van der Waals surface area contributed by atoms with Gasteiger partial charge < -0.3 is 10.1 Å². The van der Waals surface area contributed by atoms with E-state index in [2.05, 4.69) is 10.4 Å². The van der Waals surface area contributed by atoms with E-state index in [0.717, 1.165) is 28.3 Å². The Hall–Kier alpha value is -1.68. The molecule has 1 N–H and O–H groups in total. The van der Waals surface area contributed by atoms with Crippen molar-refractivity contribution in [3.05, 3.63) is 40.2 Å². The first kappa shape index (κ1) is 13.7. The van der Waals surface area contributed by atoms with Gasteiger partial charge in [-0.1, -0.05) is 11.6 Å². The number of hydrogen-bond donors (Lipinski definition) is 1. The fourth-order valence-corrected chi connectivity index (χ4v) is 2.14. The highest BCUT2D eigenvalue weighted by atomic mass is 35.5. The summed E-state index contributed by atoms with van der Waals surface area (Å²) in [5.41, 5.74) is 4.15. The van der Waals surface area contributed by atoms with Gasteiger partial charge in [0.25, 0.3) is 0 Å². The highest BCUT2D eigenvalue weighted by molar-refractivity contribution is 6.31. The van der Waals surface area contributed by atoms with E-state index in [1.807, 2.05) is 43.9 Å². The van der Waals surface area contributed by atoms with E-state index in [4.69, 9.17) is 16.3 Å². The lowest BCUT2D eigenvalue weighted by atomic mass is 10.2. The Morgan fingerprint density at radius 3 is 2.68 bits per heavy atom. The molecule has 0 amide bonds. The third kappa shape index (κ3) is 3.01. The van der Waals surface area contributed by atoms with Crippen LogP contribution in [0.2, 0.25) is 5.02 Å². The van der Waals surface area contributed by atoms with Crippen LogP contribution < -0.4 is 10.1 Å². The summed E-state index contributed by atoms with van der Waals surface area (Å²) >= 11 is 6.09. The molecule has 5 heteroatoms. The van der Waals surface area contributed by atoms with Gasteiger partial charge in [0.15, 0.2) is 0 Å². The van der Waals surface area contributed by atoms with Gasteiger partial charge in [-0.3, -0.25) is 4.68 Å². The Balaban J connectivity index is 2.19. The molecule has 0 saturated carbocycles. The molecule has 0 atom stereocenters. The molecule has 0 radical (unpaired) electrons. The zero-order chi connectivity index (χ0) is 14.0. The molecular formula is C14H18ClN3O. The maximum absolute atomic E-state index is 6.09. The number of rotatable bonds is 4. The number of benzene rings is 1. The lowest BCUT2D eigenvalue weighted by Crippen LogP contribution is -2.02. The average molecular weight is 280 g/mol. The number of methoxy groups -OCH3 is 1. The van der Waals surface area contributed by atoms with Crippen LogP contribution in [-0.2, 0) is 13.6 Å². The summed E-state index contributed by atoms with van der Waals surface area (Å²) in [5.74, 6) is 0.747. The van der Waals surface area contributed by atoms with Crippen molar-refractivity contribution < 1.29 is 4.74 Å². The molecule has 0 unspecified atom stereocenters. The molecule has 0 bridgehead atoms. The highest BCUT2D eigenvalue weighted by Crippen LogP contribution is 2.31. The number of aryl methyl sites for hydroxylation is 3. The van der Waals surface area contributed by atoms with Crippen molar-refractivity contribution in [2.75, 3.05) is 12.4 Å². The highest BCUT2D eigenvalue weighted by Gasteiger charge is 2.08. The van der Waals surface area contributed by atoms with E-state index >= 15 is 0 Å². The third-order valence-corrected chi connectivity index (χ3v) is 3.47. The van der Waals surface area contributed by atoms with Gasteiger partial charge in [-0.2, -0.15) is 5.10 Å². The van der Waals surface area contributed by atoms with Crippen LogP contribution in [0.15, 0.2) is 18.3 Å². The second kappa shape index (κ2) is 5.53. The van der Waals surface area contributed by atoms with E-state index in [1.165, 1.54) is 0 Å². The van der Waals surface area contributed by atoms with Crippen molar-refractivity contribution >= 4 is 17.3 Å². The Kier molecular flexibility index (Phi) is 4.00. The monoisotopic (exact) mass is 279 g/mol.